The van der Waals surface area contributed by atoms with Crippen molar-refractivity contribution in [3.05, 3.63) is 63.7 Å². The van der Waals surface area contributed by atoms with E-state index in [1.165, 1.54) is 12.1 Å². The number of benzene rings is 2. The maximum absolute atomic E-state index is 10.8. The summed E-state index contributed by atoms with van der Waals surface area (Å²) in [5, 5.41) is 28.2. The van der Waals surface area contributed by atoms with Crippen molar-refractivity contribution in [2.75, 3.05) is 79.3 Å². The Labute approximate surface area is 216 Å². The first-order valence-corrected chi connectivity index (χ1v) is 12.0. The van der Waals surface area contributed by atoms with Gasteiger partial charge >= 0.3 is 0 Å². The summed E-state index contributed by atoms with van der Waals surface area (Å²) >= 11 is 0. The summed E-state index contributed by atoms with van der Waals surface area (Å²) in [4.78, 5) is 10.4. The molecule has 0 fully saturated rings. The summed E-state index contributed by atoms with van der Waals surface area (Å²) in [7, 11) is 0. The number of hydrogen-bond acceptors (Lipinski definition) is 10. The van der Waals surface area contributed by atoms with Crippen LogP contribution in [0.4, 0.5) is 5.69 Å². The second kappa shape index (κ2) is 19.1. The molecule has 0 atom stereocenters. The lowest BCUT2D eigenvalue weighted by Crippen LogP contribution is -2.13. The Morgan fingerprint density at radius 3 is 1.62 bits per heavy atom. The third-order valence-corrected chi connectivity index (χ3v) is 4.73. The molecule has 0 saturated heterocycles. The number of nitrogens with zero attached hydrogens (tertiary/aromatic N) is 1. The molecule has 0 aliphatic rings. The molecule has 11 nitrogen and oxygen atoms in total. The predicted octanol–water partition coefficient (Wildman–Crippen LogP) is 2.57. The summed E-state index contributed by atoms with van der Waals surface area (Å²) < 4.78 is 33.0. The van der Waals surface area contributed by atoms with Gasteiger partial charge in [-0.1, -0.05) is 18.2 Å². The zero-order chi connectivity index (χ0) is 26.6. The molecule has 11 heteroatoms. The lowest BCUT2D eigenvalue weighted by atomic mass is 10.1. The SMILES string of the molecule is O=[N+]([O-])c1ccc(/C=C/c2ccc(OCCOCCOCCO)c(OCCOCCOCCO)c2)cc1. The standard InChI is InChI=1S/C26H35NO10/c28-9-11-32-13-15-34-17-19-36-25-8-5-23(2-1-22-3-6-24(7-4-22)27(30)31)21-26(25)37-20-18-35-16-14-33-12-10-29/h1-8,21,28-29H,9-20H2/b2-1+. The second-order valence-electron chi connectivity index (χ2n) is 7.48. The van der Waals surface area contributed by atoms with Gasteiger partial charge < -0.3 is 38.6 Å². The molecule has 0 radical (unpaired) electrons. The zero-order valence-corrected chi connectivity index (χ0v) is 20.8. The van der Waals surface area contributed by atoms with E-state index >= 15 is 0 Å². The van der Waals surface area contributed by atoms with E-state index in [1.807, 2.05) is 24.3 Å². The number of aliphatic hydroxyl groups excluding tert-OH is 2. The van der Waals surface area contributed by atoms with Crippen molar-refractivity contribution in [2.45, 2.75) is 0 Å². The van der Waals surface area contributed by atoms with E-state index in [4.69, 9.17) is 38.6 Å². The van der Waals surface area contributed by atoms with Crippen LogP contribution in [0.15, 0.2) is 42.5 Å². The highest BCUT2D eigenvalue weighted by atomic mass is 16.6. The average Bonchev–Trinajstić information content (AvgIpc) is 2.91. The van der Waals surface area contributed by atoms with E-state index in [2.05, 4.69) is 0 Å². The van der Waals surface area contributed by atoms with E-state index in [9.17, 15) is 10.1 Å². The van der Waals surface area contributed by atoms with Crippen molar-refractivity contribution in [1.29, 1.82) is 0 Å². The minimum atomic E-state index is -0.433. The van der Waals surface area contributed by atoms with E-state index < -0.39 is 4.92 Å². The molecule has 2 rings (SSSR count). The van der Waals surface area contributed by atoms with Crippen LogP contribution in [-0.4, -0.2) is 94.4 Å². The number of rotatable bonds is 21. The van der Waals surface area contributed by atoms with Crippen molar-refractivity contribution in [3.63, 3.8) is 0 Å². The van der Waals surface area contributed by atoms with Crippen LogP contribution in [0.5, 0.6) is 11.5 Å². The van der Waals surface area contributed by atoms with Crippen LogP contribution in [0.25, 0.3) is 12.2 Å². The Balaban J connectivity index is 1.91. The fraction of sp³-hybridized carbons (Fsp3) is 0.462. The first-order chi connectivity index (χ1) is 18.1. The van der Waals surface area contributed by atoms with Gasteiger partial charge in [-0.15, -0.1) is 0 Å². The van der Waals surface area contributed by atoms with Crippen molar-refractivity contribution in [2.24, 2.45) is 0 Å². The Bertz CT molecular complexity index is 920. The van der Waals surface area contributed by atoms with E-state index in [-0.39, 0.29) is 32.1 Å². The van der Waals surface area contributed by atoms with Gasteiger partial charge in [0, 0.05) is 12.1 Å². The van der Waals surface area contributed by atoms with Gasteiger partial charge in [-0.3, -0.25) is 10.1 Å². The van der Waals surface area contributed by atoms with Crippen LogP contribution in [0.1, 0.15) is 11.1 Å². The quantitative estimate of drug-likeness (QED) is 0.109. The number of nitro benzene ring substituents is 1. The molecular formula is C26H35NO10. The molecular weight excluding hydrogens is 486 g/mol. The van der Waals surface area contributed by atoms with Crippen LogP contribution in [-0.2, 0) is 18.9 Å². The summed E-state index contributed by atoms with van der Waals surface area (Å²) in [6.07, 6.45) is 3.73. The Morgan fingerprint density at radius 1 is 0.622 bits per heavy atom. The predicted molar refractivity (Wildman–Crippen MR) is 137 cm³/mol. The summed E-state index contributed by atoms with van der Waals surface area (Å²) in [5.41, 5.74) is 1.72. The zero-order valence-electron chi connectivity index (χ0n) is 20.8. The van der Waals surface area contributed by atoms with Crippen LogP contribution in [0.3, 0.4) is 0 Å². The highest BCUT2D eigenvalue weighted by Crippen LogP contribution is 2.29. The Kier molecular flexibility index (Phi) is 15.6. The number of nitro groups is 1. The molecule has 204 valence electrons. The van der Waals surface area contributed by atoms with Gasteiger partial charge in [-0.2, -0.15) is 0 Å². The number of non-ortho nitro benzene ring substituents is 1. The van der Waals surface area contributed by atoms with Crippen molar-refractivity contribution < 1.29 is 43.6 Å². The lowest BCUT2D eigenvalue weighted by molar-refractivity contribution is -0.384. The molecule has 0 unspecified atom stereocenters. The van der Waals surface area contributed by atoms with Crippen molar-refractivity contribution in [3.8, 4) is 11.5 Å². The van der Waals surface area contributed by atoms with Crippen LogP contribution in [0.2, 0.25) is 0 Å². The molecule has 2 aromatic rings. The molecule has 0 saturated carbocycles. The van der Waals surface area contributed by atoms with Crippen molar-refractivity contribution >= 4 is 17.8 Å². The summed E-state index contributed by atoms with van der Waals surface area (Å²) in [6, 6.07) is 11.8. The third-order valence-electron chi connectivity index (χ3n) is 4.73. The Morgan fingerprint density at radius 2 is 1.08 bits per heavy atom. The molecule has 2 N–H and O–H groups in total. The third kappa shape index (κ3) is 13.2. The maximum Gasteiger partial charge on any atom is 0.269 e. The molecule has 2 aromatic carbocycles. The van der Waals surface area contributed by atoms with Gasteiger partial charge in [-0.05, 0) is 35.4 Å². The monoisotopic (exact) mass is 521 g/mol. The molecule has 0 aromatic heterocycles. The molecule has 0 aliphatic heterocycles. The van der Waals surface area contributed by atoms with Crippen LogP contribution >= 0.6 is 0 Å². The van der Waals surface area contributed by atoms with Gasteiger partial charge in [0.25, 0.3) is 5.69 Å². The molecule has 0 heterocycles. The minimum Gasteiger partial charge on any atom is -0.487 e. The van der Waals surface area contributed by atoms with E-state index in [0.717, 1.165) is 11.1 Å². The van der Waals surface area contributed by atoms with Gasteiger partial charge in [0.2, 0.25) is 0 Å². The first-order valence-electron chi connectivity index (χ1n) is 12.0. The van der Waals surface area contributed by atoms with Crippen LogP contribution in [0, 0.1) is 10.1 Å². The smallest absolute Gasteiger partial charge is 0.269 e. The Hall–Kier alpha value is -3.06. The highest BCUT2D eigenvalue weighted by Gasteiger charge is 2.07. The second-order valence-corrected chi connectivity index (χ2v) is 7.48. The lowest BCUT2D eigenvalue weighted by Gasteiger charge is -2.14. The topological polar surface area (TPSA) is 139 Å². The largest absolute Gasteiger partial charge is 0.487 e. The fourth-order valence-corrected chi connectivity index (χ4v) is 2.95. The molecule has 0 aliphatic carbocycles. The first kappa shape index (κ1) is 30.2. The maximum atomic E-state index is 10.8. The molecule has 0 amide bonds. The minimum absolute atomic E-state index is 0.0204. The molecule has 37 heavy (non-hydrogen) atoms. The van der Waals surface area contributed by atoms with Gasteiger partial charge in [0.1, 0.15) is 13.2 Å². The molecule has 0 spiro atoms. The molecule has 0 bridgehead atoms. The van der Waals surface area contributed by atoms with Crippen molar-refractivity contribution in [1.82, 2.24) is 0 Å². The normalized spacial score (nSPS) is 11.2. The highest BCUT2D eigenvalue weighted by molar-refractivity contribution is 5.71. The number of aliphatic hydroxyl groups is 2. The van der Waals surface area contributed by atoms with Gasteiger partial charge in [0.05, 0.1) is 71.0 Å². The fourth-order valence-electron chi connectivity index (χ4n) is 2.95. The number of hydrogen-bond donors (Lipinski definition) is 2. The summed E-state index contributed by atoms with van der Waals surface area (Å²) in [5.74, 6) is 1.09. The van der Waals surface area contributed by atoms with Gasteiger partial charge in [-0.25, -0.2) is 0 Å². The van der Waals surface area contributed by atoms with E-state index in [0.29, 0.717) is 64.4 Å². The van der Waals surface area contributed by atoms with Gasteiger partial charge in [0.15, 0.2) is 11.5 Å². The average molecular weight is 522 g/mol. The van der Waals surface area contributed by atoms with E-state index in [1.54, 1.807) is 18.2 Å². The number of ether oxygens (including phenoxy) is 6. The summed E-state index contributed by atoms with van der Waals surface area (Å²) in [6.45, 7) is 3.42. The van der Waals surface area contributed by atoms with Crippen LogP contribution < -0.4 is 9.47 Å².